The zero-order valence-electron chi connectivity index (χ0n) is 16.5. The molecule has 0 aliphatic heterocycles. The van der Waals surface area contributed by atoms with Gasteiger partial charge in [0.15, 0.2) is 11.6 Å². The lowest BCUT2D eigenvalue weighted by Crippen LogP contribution is -2.08. The Labute approximate surface area is 161 Å². The zero-order chi connectivity index (χ0) is 19.2. The minimum atomic E-state index is 0.506. The van der Waals surface area contributed by atoms with Gasteiger partial charge in [0.2, 0.25) is 0 Å². The van der Waals surface area contributed by atoms with Gasteiger partial charge in [-0.05, 0) is 29.7 Å². The molecule has 0 radical (unpaired) electrons. The first kappa shape index (κ1) is 19.1. The summed E-state index contributed by atoms with van der Waals surface area (Å²) < 4.78 is 12.8. The molecule has 0 aliphatic rings. The molecule has 0 N–H and O–H groups in total. The normalized spacial score (nSPS) is 11.1. The van der Waals surface area contributed by atoms with Gasteiger partial charge in [0.05, 0.1) is 20.3 Å². The highest BCUT2D eigenvalue weighted by Gasteiger charge is 2.15. The molecule has 0 saturated heterocycles. The summed E-state index contributed by atoms with van der Waals surface area (Å²) in [7, 11) is 3.40. The Morgan fingerprint density at radius 1 is 1.00 bits per heavy atom. The van der Waals surface area contributed by atoms with Crippen molar-refractivity contribution in [2.45, 2.75) is 26.8 Å². The van der Waals surface area contributed by atoms with Crippen LogP contribution in [-0.2, 0) is 17.7 Å². The molecule has 0 unspecified atom stereocenters. The number of rotatable bonds is 8. The Morgan fingerprint density at radius 3 is 2.44 bits per heavy atom. The maximum atomic E-state index is 5.58. The highest BCUT2D eigenvalue weighted by Crippen LogP contribution is 2.33. The first-order chi connectivity index (χ1) is 13.1. The molecule has 3 aromatic rings. The van der Waals surface area contributed by atoms with Crippen LogP contribution < -0.4 is 4.74 Å². The monoisotopic (exact) mass is 365 g/mol. The molecule has 2 aromatic carbocycles. The fraction of sp³-hybridized carbons (Fsp3) is 0.364. The van der Waals surface area contributed by atoms with Crippen molar-refractivity contribution in [3.05, 3.63) is 54.4 Å². The minimum absolute atomic E-state index is 0.506. The standard InChI is InChI=1S/C22H27N3O2/c1-16(2)14-21-23-22(25(24-21)12-13-26-3)18-10-11-20(27-4)19(15-18)17-8-6-5-7-9-17/h5-11,15-16H,12-14H2,1-4H3. The van der Waals surface area contributed by atoms with Gasteiger partial charge >= 0.3 is 0 Å². The van der Waals surface area contributed by atoms with E-state index < -0.39 is 0 Å². The summed E-state index contributed by atoms with van der Waals surface area (Å²) in [6, 6.07) is 16.4. The summed E-state index contributed by atoms with van der Waals surface area (Å²) in [6.07, 6.45) is 0.856. The molecule has 3 rings (SSSR count). The highest BCUT2D eigenvalue weighted by molar-refractivity contribution is 5.76. The molecule has 0 saturated carbocycles. The van der Waals surface area contributed by atoms with Crippen molar-refractivity contribution in [1.82, 2.24) is 14.8 Å². The Balaban J connectivity index is 2.06. The molecular weight excluding hydrogens is 338 g/mol. The summed E-state index contributed by atoms with van der Waals surface area (Å²) in [5.74, 6) is 3.08. The Bertz CT molecular complexity index is 873. The Kier molecular flexibility index (Phi) is 6.24. The summed E-state index contributed by atoms with van der Waals surface area (Å²) >= 11 is 0. The summed E-state index contributed by atoms with van der Waals surface area (Å²) in [5, 5.41) is 4.70. The van der Waals surface area contributed by atoms with Gasteiger partial charge in [-0.1, -0.05) is 44.2 Å². The Morgan fingerprint density at radius 2 is 1.78 bits per heavy atom. The molecule has 5 nitrogen and oxygen atoms in total. The third kappa shape index (κ3) is 4.55. The van der Waals surface area contributed by atoms with Gasteiger partial charge in [-0.2, -0.15) is 5.10 Å². The van der Waals surface area contributed by atoms with E-state index >= 15 is 0 Å². The number of hydrogen-bond acceptors (Lipinski definition) is 4. The topological polar surface area (TPSA) is 49.2 Å². The van der Waals surface area contributed by atoms with Gasteiger partial charge in [-0.3, -0.25) is 0 Å². The van der Waals surface area contributed by atoms with Gasteiger partial charge in [0, 0.05) is 24.7 Å². The number of nitrogens with zero attached hydrogens (tertiary/aromatic N) is 3. The van der Waals surface area contributed by atoms with Crippen molar-refractivity contribution >= 4 is 0 Å². The smallest absolute Gasteiger partial charge is 0.158 e. The number of ether oxygens (including phenoxy) is 2. The largest absolute Gasteiger partial charge is 0.496 e. The van der Waals surface area contributed by atoms with Crippen LogP contribution in [0.25, 0.3) is 22.5 Å². The molecule has 0 bridgehead atoms. The SMILES string of the molecule is COCCn1nc(CC(C)C)nc1-c1ccc(OC)c(-c2ccccc2)c1. The second kappa shape index (κ2) is 8.82. The number of hydrogen-bond donors (Lipinski definition) is 0. The van der Waals surface area contributed by atoms with Gasteiger partial charge in [-0.15, -0.1) is 0 Å². The van der Waals surface area contributed by atoms with E-state index in [1.165, 1.54) is 0 Å². The molecule has 0 atom stereocenters. The molecule has 0 spiro atoms. The summed E-state index contributed by atoms with van der Waals surface area (Å²) in [5.41, 5.74) is 3.18. The molecule has 1 heterocycles. The Hall–Kier alpha value is -2.66. The van der Waals surface area contributed by atoms with E-state index in [4.69, 9.17) is 19.6 Å². The first-order valence-electron chi connectivity index (χ1n) is 9.29. The van der Waals surface area contributed by atoms with E-state index in [1.807, 2.05) is 35.0 Å². The highest BCUT2D eigenvalue weighted by atomic mass is 16.5. The second-order valence-electron chi connectivity index (χ2n) is 6.95. The van der Waals surface area contributed by atoms with Crippen molar-refractivity contribution in [3.63, 3.8) is 0 Å². The van der Waals surface area contributed by atoms with Gasteiger partial charge < -0.3 is 9.47 Å². The average molecular weight is 365 g/mol. The summed E-state index contributed by atoms with van der Waals surface area (Å²) in [6.45, 7) is 5.62. The number of aromatic nitrogens is 3. The molecule has 0 fully saturated rings. The van der Waals surface area contributed by atoms with E-state index in [-0.39, 0.29) is 0 Å². The van der Waals surface area contributed by atoms with Crippen molar-refractivity contribution in [2.75, 3.05) is 20.8 Å². The van der Waals surface area contributed by atoms with E-state index in [0.29, 0.717) is 19.1 Å². The molecule has 0 amide bonds. The number of benzene rings is 2. The molecular formula is C22H27N3O2. The second-order valence-corrected chi connectivity index (χ2v) is 6.95. The quantitative estimate of drug-likeness (QED) is 0.591. The van der Waals surface area contributed by atoms with Crippen molar-refractivity contribution < 1.29 is 9.47 Å². The fourth-order valence-corrected chi connectivity index (χ4v) is 3.08. The average Bonchev–Trinajstić information content (AvgIpc) is 3.08. The molecule has 142 valence electrons. The van der Waals surface area contributed by atoms with E-state index in [0.717, 1.165) is 40.5 Å². The van der Waals surface area contributed by atoms with Crippen LogP contribution in [0, 0.1) is 5.92 Å². The molecule has 5 heteroatoms. The van der Waals surface area contributed by atoms with Crippen LogP contribution in [0.2, 0.25) is 0 Å². The molecule has 1 aromatic heterocycles. The first-order valence-corrected chi connectivity index (χ1v) is 9.29. The van der Waals surface area contributed by atoms with Crippen LogP contribution in [0.3, 0.4) is 0 Å². The van der Waals surface area contributed by atoms with Crippen LogP contribution in [0.15, 0.2) is 48.5 Å². The predicted octanol–water partition coefficient (Wildman–Crippen LogP) is 4.47. The zero-order valence-corrected chi connectivity index (χ0v) is 16.5. The van der Waals surface area contributed by atoms with Crippen LogP contribution in [0.5, 0.6) is 5.75 Å². The van der Waals surface area contributed by atoms with Crippen LogP contribution in [0.1, 0.15) is 19.7 Å². The number of methoxy groups -OCH3 is 2. The summed E-state index contributed by atoms with van der Waals surface area (Å²) in [4.78, 5) is 4.82. The minimum Gasteiger partial charge on any atom is -0.496 e. The van der Waals surface area contributed by atoms with Crippen molar-refractivity contribution in [2.24, 2.45) is 5.92 Å². The lowest BCUT2D eigenvalue weighted by atomic mass is 10.0. The van der Waals surface area contributed by atoms with Crippen LogP contribution in [-0.4, -0.2) is 35.6 Å². The third-order valence-electron chi connectivity index (χ3n) is 4.36. The van der Waals surface area contributed by atoms with Crippen LogP contribution >= 0.6 is 0 Å². The maximum absolute atomic E-state index is 5.58. The fourth-order valence-electron chi connectivity index (χ4n) is 3.08. The predicted molar refractivity (Wildman–Crippen MR) is 108 cm³/mol. The van der Waals surface area contributed by atoms with E-state index in [9.17, 15) is 0 Å². The molecule has 27 heavy (non-hydrogen) atoms. The van der Waals surface area contributed by atoms with E-state index in [2.05, 4.69) is 32.0 Å². The lowest BCUT2D eigenvalue weighted by molar-refractivity contribution is 0.184. The van der Waals surface area contributed by atoms with Gasteiger partial charge in [0.25, 0.3) is 0 Å². The van der Waals surface area contributed by atoms with E-state index in [1.54, 1.807) is 14.2 Å². The van der Waals surface area contributed by atoms with Crippen molar-refractivity contribution in [3.8, 4) is 28.3 Å². The van der Waals surface area contributed by atoms with Gasteiger partial charge in [0.1, 0.15) is 5.75 Å². The van der Waals surface area contributed by atoms with Crippen molar-refractivity contribution in [1.29, 1.82) is 0 Å². The lowest BCUT2D eigenvalue weighted by Gasteiger charge is -2.11. The van der Waals surface area contributed by atoms with Crippen LogP contribution in [0.4, 0.5) is 0 Å². The molecule has 0 aliphatic carbocycles. The third-order valence-corrected chi connectivity index (χ3v) is 4.36. The maximum Gasteiger partial charge on any atom is 0.158 e. The van der Waals surface area contributed by atoms with Gasteiger partial charge in [-0.25, -0.2) is 9.67 Å².